The van der Waals surface area contributed by atoms with E-state index in [-0.39, 0.29) is 5.56 Å². The number of nitrogens with one attached hydrogen (secondary N) is 1. The van der Waals surface area contributed by atoms with Crippen LogP contribution in [0, 0.1) is 0 Å². The van der Waals surface area contributed by atoms with E-state index < -0.39 is 0 Å². The number of hydrogen-bond donors (Lipinski definition) is 1. The van der Waals surface area contributed by atoms with Crippen molar-refractivity contribution in [2.75, 3.05) is 5.32 Å². The normalized spacial score (nSPS) is 14.6. The average molecular weight is 363 g/mol. The first-order valence-corrected chi connectivity index (χ1v) is 9.71. The molecule has 1 aliphatic rings. The molecule has 0 atom stereocenters. The van der Waals surface area contributed by atoms with Gasteiger partial charge >= 0.3 is 0 Å². The molecule has 0 amide bonds. The summed E-state index contributed by atoms with van der Waals surface area (Å²) < 4.78 is 3.51. The Kier molecular flexibility index (Phi) is 5.05. The number of rotatable bonds is 6. The summed E-state index contributed by atoms with van der Waals surface area (Å²) in [6.07, 6.45) is 13.5. The lowest BCUT2D eigenvalue weighted by molar-refractivity contribution is 0.648. The van der Waals surface area contributed by atoms with Crippen LogP contribution in [0.3, 0.4) is 0 Å². The van der Waals surface area contributed by atoms with Crippen molar-refractivity contribution in [2.45, 2.75) is 51.6 Å². The van der Waals surface area contributed by atoms with Crippen molar-refractivity contribution in [1.82, 2.24) is 19.3 Å². The van der Waals surface area contributed by atoms with Gasteiger partial charge in [-0.1, -0.05) is 19.8 Å². The molecule has 27 heavy (non-hydrogen) atoms. The molecule has 6 nitrogen and oxygen atoms in total. The van der Waals surface area contributed by atoms with E-state index >= 15 is 0 Å². The van der Waals surface area contributed by atoms with Gasteiger partial charge in [-0.05, 0) is 37.5 Å². The second-order valence-corrected chi connectivity index (χ2v) is 7.15. The average Bonchev–Trinajstić information content (AvgIpc) is 3.37. The highest BCUT2D eigenvalue weighted by Crippen LogP contribution is 2.24. The lowest BCUT2D eigenvalue weighted by Gasteiger charge is -2.13. The Morgan fingerprint density at radius 2 is 1.96 bits per heavy atom. The number of aryl methyl sites for hydroxylation is 1. The van der Waals surface area contributed by atoms with Crippen LogP contribution in [0.15, 0.2) is 53.8 Å². The van der Waals surface area contributed by atoms with Gasteiger partial charge in [-0.2, -0.15) is 5.10 Å². The highest BCUT2D eigenvalue weighted by atomic mass is 16.1. The molecule has 0 spiro atoms. The Morgan fingerprint density at radius 3 is 2.70 bits per heavy atom. The first kappa shape index (κ1) is 17.5. The fourth-order valence-corrected chi connectivity index (χ4v) is 3.62. The van der Waals surface area contributed by atoms with Crippen LogP contribution >= 0.6 is 0 Å². The molecule has 0 bridgehead atoms. The first-order chi connectivity index (χ1) is 13.2. The Morgan fingerprint density at radius 1 is 1.11 bits per heavy atom. The summed E-state index contributed by atoms with van der Waals surface area (Å²) in [5.41, 5.74) is 3.80. The molecular formula is C21H25N5O. The molecule has 0 aliphatic heterocycles. The maximum atomic E-state index is 11.9. The molecule has 6 heteroatoms. The summed E-state index contributed by atoms with van der Waals surface area (Å²) in [5, 5.41) is 8.00. The van der Waals surface area contributed by atoms with Crippen molar-refractivity contribution in [3.05, 3.63) is 59.4 Å². The van der Waals surface area contributed by atoms with E-state index in [1.165, 1.54) is 25.7 Å². The Hall–Kier alpha value is -2.89. The van der Waals surface area contributed by atoms with Gasteiger partial charge in [-0.3, -0.25) is 9.78 Å². The molecule has 3 heterocycles. The number of nitrogens with zero attached hydrogens (tertiary/aromatic N) is 4. The van der Waals surface area contributed by atoms with Gasteiger partial charge in [-0.15, -0.1) is 0 Å². The third-order valence-electron chi connectivity index (χ3n) is 5.06. The second kappa shape index (κ2) is 7.78. The maximum Gasteiger partial charge on any atom is 0.250 e. The Bertz CT molecular complexity index is 951. The van der Waals surface area contributed by atoms with Gasteiger partial charge in [0.05, 0.1) is 29.5 Å². The van der Waals surface area contributed by atoms with Crippen LogP contribution in [0.2, 0.25) is 0 Å². The molecule has 140 valence electrons. The third-order valence-corrected chi connectivity index (χ3v) is 5.06. The molecular weight excluding hydrogens is 338 g/mol. The zero-order valence-corrected chi connectivity index (χ0v) is 15.6. The largest absolute Gasteiger partial charge is 0.381 e. The van der Waals surface area contributed by atoms with Gasteiger partial charge in [0.25, 0.3) is 5.56 Å². The first-order valence-electron chi connectivity index (χ1n) is 9.71. The highest BCUT2D eigenvalue weighted by molar-refractivity contribution is 5.60. The molecule has 1 aliphatic carbocycles. The van der Waals surface area contributed by atoms with Crippen LogP contribution in [0.5, 0.6) is 0 Å². The number of aromatic nitrogens is 4. The molecule has 0 saturated heterocycles. The van der Waals surface area contributed by atoms with Gasteiger partial charge in [-0.25, -0.2) is 4.68 Å². The van der Waals surface area contributed by atoms with Gasteiger partial charge in [0.15, 0.2) is 0 Å². The second-order valence-electron chi connectivity index (χ2n) is 7.15. The summed E-state index contributed by atoms with van der Waals surface area (Å²) in [6, 6.07) is 8.08. The molecule has 0 aromatic carbocycles. The monoisotopic (exact) mass is 363 g/mol. The predicted octanol–water partition coefficient (Wildman–Crippen LogP) is 3.86. The molecule has 1 saturated carbocycles. The van der Waals surface area contributed by atoms with Crippen LogP contribution in [-0.4, -0.2) is 25.4 Å². The van der Waals surface area contributed by atoms with Crippen molar-refractivity contribution in [3.63, 3.8) is 0 Å². The summed E-state index contributed by atoms with van der Waals surface area (Å²) >= 11 is 0. The van der Waals surface area contributed by atoms with Crippen molar-refractivity contribution in [3.8, 4) is 16.9 Å². The van der Waals surface area contributed by atoms with Gasteiger partial charge < -0.3 is 9.88 Å². The molecule has 3 aromatic heterocycles. The van der Waals surface area contributed by atoms with Crippen LogP contribution in [0.25, 0.3) is 16.9 Å². The smallest absolute Gasteiger partial charge is 0.250 e. The summed E-state index contributed by atoms with van der Waals surface area (Å²) in [4.78, 5) is 16.5. The van der Waals surface area contributed by atoms with Gasteiger partial charge in [0, 0.05) is 36.6 Å². The molecule has 1 fully saturated rings. The number of pyridine rings is 2. The minimum atomic E-state index is 0.0139. The van der Waals surface area contributed by atoms with Crippen molar-refractivity contribution in [1.29, 1.82) is 0 Å². The summed E-state index contributed by atoms with van der Waals surface area (Å²) in [5.74, 6) is 0. The quantitative estimate of drug-likeness (QED) is 0.722. The molecule has 3 aromatic rings. The molecule has 1 N–H and O–H groups in total. The number of hydrogen-bond acceptors (Lipinski definition) is 4. The molecule has 0 radical (unpaired) electrons. The Balaban J connectivity index is 1.52. The lowest BCUT2D eigenvalue weighted by atomic mass is 10.2. The standard InChI is InChI=1S/C21H25N5O/c1-2-11-25-15-19(8-10-21(25)27)26-14-16(12-23-26)20-9-7-18(13-22-20)24-17-5-3-4-6-17/h7-10,12-15,17,24H,2-6,11H2,1H3. The van der Waals surface area contributed by atoms with Crippen LogP contribution in [0.4, 0.5) is 5.69 Å². The van der Waals surface area contributed by atoms with Crippen LogP contribution in [0.1, 0.15) is 39.0 Å². The van der Waals surface area contributed by atoms with Gasteiger partial charge in [0.1, 0.15) is 0 Å². The van der Waals surface area contributed by atoms with E-state index in [1.54, 1.807) is 21.4 Å². The fourth-order valence-electron chi connectivity index (χ4n) is 3.62. The summed E-state index contributed by atoms with van der Waals surface area (Å²) in [7, 11) is 0. The third kappa shape index (κ3) is 3.94. The van der Waals surface area contributed by atoms with E-state index in [9.17, 15) is 4.79 Å². The zero-order chi connectivity index (χ0) is 18.6. The minimum absolute atomic E-state index is 0.0139. The Labute approximate surface area is 158 Å². The topological polar surface area (TPSA) is 64.7 Å². The van der Waals surface area contributed by atoms with E-state index in [0.29, 0.717) is 12.6 Å². The highest BCUT2D eigenvalue weighted by Gasteiger charge is 2.14. The van der Waals surface area contributed by atoms with Crippen molar-refractivity contribution < 1.29 is 0 Å². The summed E-state index contributed by atoms with van der Waals surface area (Å²) in [6.45, 7) is 2.76. The fraction of sp³-hybridized carbons (Fsp3) is 0.381. The maximum absolute atomic E-state index is 11.9. The van der Waals surface area contributed by atoms with Crippen molar-refractivity contribution >= 4 is 5.69 Å². The SMILES string of the molecule is CCCn1cc(-n2cc(-c3ccc(NC4CCCC4)cn3)cn2)ccc1=O. The number of anilines is 1. The van der Waals surface area contributed by atoms with E-state index in [1.807, 2.05) is 30.9 Å². The molecule has 0 unspecified atom stereocenters. The van der Waals surface area contributed by atoms with E-state index in [4.69, 9.17) is 0 Å². The molecule has 4 rings (SSSR count). The minimum Gasteiger partial charge on any atom is -0.381 e. The van der Waals surface area contributed by atoms with Crippen LogP contribution < -0.4 is 10.9 Å². The van der Waals surface area contributed by atoms with Crippen molar-refractivity contribution in [2.24, 2.45) is 0 Å². The predicted molar refractivity (Wildman–Crippen MR) is 107 cm³/mol. The van der Waals surface area contributed by atoms with E-state index in [0.717, 1.165) is 29.1 Å². The van der Waals surface area contributed by atoms with Crippen LogP contribution in [-0.2, 0) is 6.54 Å². The lowest BCUT2D eigenvalue weighted by Crippen LogP contribution is -2.19. The van der Waals surface area contributed by atoms with E-state index in [2.05, 4.69) is 28.4 Å². The van der Waals surface area contributed by atoms with Gasteiger partial charge in [0.2, 0.25) is 0 Å². The zero-order valence-electron chi connectivity index (χ0n) is 15.6.